The molecule has 19 heavy (non-hydrogen) atoms. The molecule has 3 atom stereocenters. The van der Waals surface area contributed by atoms with Gasteiger partial charge in [-0.1, -0.05) is 24.3 Å². The normalized spacial score (nSPS) is 23.9. The Morgan fingerprint density at radius 1 is 1.26 bits per heavy atom. The fourth-order valence-electron chi connectivity index (χ4n) is 2.52. The fourth-order valence-corrected chi connectivity index (χ4v) is 2.52. The molecular weight excluding hydrogens is 244 g/mol. The maximum Gasteiger partial charge on any atom is 0.307 e. The first-order valence-corrected chi connectivity index (χ1v) is 6.33. The molecule has 0 amide bonds. The van der Waals surface area contributed by atoms with Crippen LogP contribution in [-0.4, -0.2) is 23.3 Å². The van der Waals surface area contributed by atoms with E-state index >= 15 is 0 Å². The minimum atomic E-state index is -0.845. The largest absolute Gasteiger partial charge is 0.497 e. The van der Waals surface area contributed by atoms with Crippen LogP contribution in [0.25, 0.3) is 0 Å². The Hall–Kier alpha value is -1.81. The number of aliphatic carboxylic acids is 1. The van der Waals surface area contributed by atoms with Crippen molar-refractivity contribution < 1.29 is 19.7 Å². The first-order chi connectivity index (χ1) is 9.13. The zero-order valence-electron chi connectivity index (χ0n) is 10.8. The number of benzene rings is 1. The predicted molar refractivity (Wildman–Crippen MR) is 70.9 cm³/mol. The Bertz CT molecular complexity index is 464. The molecule has 0 aliphatic heterocycles. The van der Waals surface area contributed by atoms with Gasteiger partial charge in [0.25, 0.3) is 0 Å². The molecule has 4 heteroatoms. The molecule has 0 aromatic heterocycles. The second-order valence-electron chi connectivity index (χ2n) is 4.77. The van der Waals surface area contributed by atoms with Crippen molar-refractivity contribution in [3.8, 4) is 5.75 Å². The van der Waals surface area contributed by atoms with Crippen LogP contribution in [0.2, 0.25) is 0 Å². The molecule has 102 valence electrons. The number of ether oxygens (including phenoxy) is 1. The van der Waals surface area contributed by atoms with Crippen LogP contribution in [0.1, 0.15) is 24.5 Å². The number of methoxy groups -OCH3 is 1. The Morgan fingerprint density at radius 3 is 2.47 bits per heavy atom. The molecule has 2 N–H and O–H groups in total. The van der Waals surface area contributed by atoms with E-state index in [0.717, 1.165) is 5.56 Å². The third kappa shape index (κ3) is 2.96. The average Bonchev–Trinajstić information content (AvgIpc) is 2.46. The van der Waals surface area contributed by atoms with Gasteiger partial charge in [-0.25, -0.2) is 0 Å². The molecule has 0 fully saturated rings. The van der Waals surface area contributed by atoms with Crippen LogP contribution in [0, 0.1) is 11.8 Å². The second kappa shape index (κ2) is 5.89. The van der Waals surface area contributed by atoms with Gasteiger partial charge in [-0.05, 0) is 30.5 Å². The molecule has 1 aromatic rings. The number of carbonyl (C=O) groups is 1. The highest BCUT2D eigenvalue weighted by Crippen LogP contribution is 2.36. The van der Waals surface area contributed by atoms with Crippen LogP contribution in [0.15, 0.2) is 36.4 Å². The third-order valence-electron chi connectivity index (χ3n) is 3.66. The zero-order chi connectivity index (χ0) is 13.8. The van der Waals surface area contributed by atoms with Crippen LogP contribution in [0.4, 0.5) is 0 Å². The third-order valence-corrected chi connectivity index (χ3v) is 3.66. The van der Waals surface area contributed by atoms with Crippen LogP contribution >= 0.6 is 0 Å². The lowest BCUT2D eigenvalue weighted by molar-refractivity contribution is -0.145. The van der Waals surface area contributed by atoms with Gasteiger partial charge in [-0.15, -0.1) is 0 Å². The second-order valence-corrected chi connectivity index (χ2v) is 4.77. The summed E-state index contributed by atoms with van der Waals surface area (Å²) in [7, 11) is 1.58. The van der Waals surface area contributed by atoms with Gasteiger partial charge in [0.15, 0.2) is 0 Å². The Labute approximate surface area is 112 Å². The number of aliphatic hydroxyl groups is 1. The van der Waals surface area contributed by atoms with Gasteiger partial charge < -0.3 is 14.9 Å². The van der Waals surface area contributed by atoms with E-state index in [1.54, 1.807) is 31.4 Å². The average molecular weight is 262 g/mol. The number of aliphatic hydroxyl groups excluding tert-OH is 1. The van der Waals surface area contributed by atoms with Crippen LogP contribution in [0.5, 0.6) is 5.75 Å². The van der Waals surface area contributed by atoms with Gasteiger partial charge >= 0.3 is 5.97 Å². The highest BCUT2D eigenvalue weighted by Gasteiger charge is 2.34. The van der Waals surface area contributed by atoms with Crippen molar-refractivity contribution in [1.82, 2.24) is 0 Å². The summed E-state index contributed by atoms with van der Waals surface area (Å²) in [5.74, 6) is -0.936. The topological polar surface area (TPSA) is 66.8 Å². The summed E-state index contributed by atoms with van der Waals surface area (Å²) in [6.07, 6.45) is 4.11. The van der Waals surface area contributed by atoms with E-state index in [2.05, 4.69) is 0 Å². The van der Waals surface area contributed by atoms with E-state index < -0.39 is 18.0 Å². The van der Waals surface area contributed by atoms with Gasteiger partial charge in [-0.2, -0.15) is 0 Å². The summed E-state index contributed by atoms with van der Waals surface area (Å²) in [6, 6.07) is 7.10. The van der Waals surface area contributed by atoms with Crippen LogP contribution in [-0.2, 0) is 4.79 Å². The number of rotatable bonds is 4. The molecule has 1 aromatic carbocycles. The smallest absolute Gasteiger partial charge is 0.307 e. The first kappa shape index (κ1) is 13.6. The quantitative estimate of drug-likeness (QED) is 0.818. The van der Waals surface area contributed by atoms with E-state index in [0.29, 0.717) is 18.6 Å². The van der Waals surface area contributed by atoms with E-state index in [1.807, 2.05) is 12.2 Å². The van der Waals surface area contributed by atoms with Crippen molar-refractivity contribution in [2.75, 3.05) is 7.11 Å². The molecule has 0 spiro atoms. The van der Waals surface area contributed by atoms with Gasteiger partial charge in [0.05, 0.1) is 19.1 Å². The number of allylic oxidation sites excluding steroid dienone is 2. The summed E-state index contributed by atoms with van der Waals surface area (Å²) >= 11 is 0. The monoisotopic (exact) mass is 262 g/mol. The summed E-state index contributed by atoms with van der Waals surface area (Å²) in [6.45, 7) is 0. The molecule has 2 rings (SSSR count). The van der Waals surface area contributed by atoms with E-state index in [1.165, 1.54) is 0 Å². The van der Waals surface area contributed by atoms with Gasteiger partial charge in [0.1, 0.15) is 5.75 Å². The van der Waals surface area contributed by atoms with Crippen molar-refractivity contribution in [2.45, 2.75) is 18.9 Å². The van der Waals surface area contributed by atoms with Gasteiger partial charge in [-0.3, -0.25) is 4.79 Å². The molecule has 0 saturated carbocycles. The highest BCUT2D eigenvalue weighted by atomic mass is 16.5. The molecule has 1 aliphatic rings. The molecule has 4 nitrogen and oxygen atoms in total. The van der Waals surface area contributed by atoms with Crippen molar-refractivity contribution >= 4 is 5.97 Å². The fraction of sp³-hybridized carbons (Fsp3) is 0.400. The summed E-state index contributed by atoms with van der Waals surface area (Å²) < 4.78 is 5.07. The van der Waals surface area contributed by atoms with Crippen molar-refractivity contribution in [3.63, 3.8) is 0 Å². The molecule has 0 saturated heterocycles. The Kier molecular flexibility index (Phi) is 4.22. The van der Waals surface area contributed by atoms with Crippen LogP contribution in [0.3, 0.4) is 0 Å². The van der Waals surface area contributed by atoms with Crippen LogP contribution < -0.4 is 4.74 Å². The van der Waals surface area contributed by atoms with Gasteiger partial charge in [0, 0.05) is 5.92 Å². The lowest BCUT2D eigenvalue weighted by Gasteiger charge is -2.29. The highest BCUT2D eigenvalue weighted by molar-refractivity contribution is 5.71. The summed E-state index contributed by atoms with van der Waals surface area (Å²) in [5, 5.41) is 19.6. The van der Waals surface area contributed by atoms with Gasteiger partial charge in [0.2, 0.25) is 0 Å². The minimum Gasteiger partial charge on any atom is -0.497 e. The van der Waals surface area contributed by atoms with E-state index in [-0.39, 0.29) is 5.92 Å². The number of hydrogen-bond acceptors (Lipinski definition) is 3. The molecule has 1 aliphatic carbocycles. The Morgan fingerprint density at radius 2 is 1.89 bits per heavy atom. The molecule has 0 bridgehead atoms. The Balaban J connectivity index is 2.18. The molecule has 0 radical (unpaired) electrons. The standard InChI is InChI=1S/C15H18O4/c1-19-11-8-6-10(7-9-11)14(16)12-4-2-3-5-13(12)15(17)18/h2-3,6-9,12-14,16H,4-5H2,1H3,(H,17,18). The molecular formula is C15H18O4. The predicted octanol–water partition coefficient (Wildman–Crippen LogP) is 2.40. The van der Waals surface area contributed by atoms with E-state index in [4.69, 9.17) is 4.74 Å². The maximum absolute atomic E-state index is 11.2. The lowest BCUT2D eigenvalue weighted by atomic mass is 9.77. The minimum absolute atomic E-state index is 0.282. The summed E-state index contributed by atoms with van der Waals surface area (Å²) in [4.78, 5) is 11.2. The number of hydrogen-bond donors (Lipinski definition) is 2. The number of carboxylic acid groups (broad SMARTS) is 1. The number of carboxylic acids is 1. The lowest BCUT2D eigenvalue weighted by Crippen LogP contribution is -2.29. The first-order valence-electron chi connectivity index (χ1n) is 6.33. The van der Waals surface area contributed by atoms with Crippen molar-refractivity contribution in [1.29, 1.82) is 0 Å². The molecule has 0 heterocycles. The zero-order valence-corrected chi connectivity index (χ0v) is 10.8. The van der Waals surface area contributed by atoms with Crippen molar-refractivity contribution in [3.05, 3.63) is 42.0 Å². The summed E-state index contributed by atoms with van der Waals surface area (Å²) in [5.41, 5.74) is 0.729. The van der Waals surface area contributed by atoms with E-state index in [9.17, 15) is 15.0 Å². The SMILES string of the molecule is COc1ccc(C(O)C2CC=CCC2C(=O)O)cc1. The van der Waals surface area contributed by atoms with Crippen molar-refractivity contribution in [2.24, 2.45) is 11.8 Å². The maximum atomic E-state index is 11.2. The molecule has 3 unspecified atom stereocenters.